The first-order valence-electron chi connectivity index (χ1n) is 27.7. The Hall–Kier alpha value is -1.67. The van der Waals surface area contributed by atoms with Crippen molar-refractivity contribution in [2.75, 3.05) is 66.1 Å². The number of carbonyl (C=O) groups excluding carboxylic acids is 3. The van der Waals surface area contributed by atoms with Crippen LogP contribution in [0.3, 0.4) is 0 Å². The van der Waals surface area contributed by atoms with E-state index in [1.165, 1.54) is 154 Å². The molecule has 0 aromatic carbocycles. The van der Waals surface area contributed by atoms with Crippen LogP contribution in [0.5, 0.6) is 0 Å². The van der Waals surface area contributed by atoms with Crippen LogP contribution < -0.4 is 0 Å². The van der Waals surface area contributed by atoms with Gasteiger partial charge in [0.15, 0.2) is 0 Å². The van der Waals surface area contributed by atoms with Gasteiger partial charge in [0, 0.05) is 46.4 Å². The number of hydrogen-bond acceptors (Lipinski definition) is 7. The molecule has 2 unspecified atom stereocenters. The summed E-state index contributed by atoms with van der Waals surface area (Å²) >= 11 is 0. The number of likely N-dealkylation sites (N-methyl/N-ethyl adjacent to an activating group) is 1. The first kappa shape index (κ1) is 61.3. The largest absolute Gasteiger partial charge is 0.465 e. The van der Waals surface area contributed by atoms with Gasteiger partial charge < -0.3 is 24.2 Å². The molecular formula is C55H109N3O5. The molecule has 0 aromatic rings. The normalized spacial score (nSPS) is 12.6. The molecular weight excluding hydrogens is 783 g/mol. The lowest BCUT2D eigenvalue weighted by Crippen LogP contribution is -2.37. The molecule has 0 aromatic heterocycles. The van der Waals surface area contributed by atoms with Crippen LogP contribution in [0.2, 0.25) is 0 Å². The Bertz CT molecular complexity index is 953. The van der Waals surface area contributed by atoms with Crippen molar-refractivity contribution in [2.24, 2.45) is 11.8 Å². The number of carbonyl (C=O) groups is 3. The van der Waals surface area contributed by atoms with E-state index in [1.807, 2.05) is 11.9 Å². The zero-order chi connectivity index (χ0) is 46.4. The topological polar surface area (TPSA) is 79.4 Å². The van der Waals surface area contributed by atoms with E-state index in [9.17, 15) is 14.4 Å². The van der Waals surface area contributed by atoms with Crippen molar-refractivity contribution in [2.45, 2.75) is 260 Å². The van der Waals surface area contributed by atoms with E-state index in [1.54, 1.807) is 6.92 Å². The van der Waals surface area contributed by atoms with Gasteiger partial charge in [-0.25, -0.2) is 0 Å². The molecule has 0 N–H and O–H groups in total. The Labute approximate surface area is 392 Å². The zero-order valence-corrected chi connectivity index (χ0v) is 43.4. The summed E-state index contributed by atoms with van der Waals surface area (Å²) in [5.74, 6) is 1.13. The predicted molar refractivity (Wildman–Crippen MR) is 270 cm³/mol. The van der Waals surface area contributed by atoms with Crippen LogP contribution in [0.1, 0.15) is 260 Å². The van der Waals surface area contributed by atoms with E-state index in [0.29, 0.717) is 37.9 Å². The fourth-order valence-corrected chi connectivity index (χ4v) is 8.79. The minimum atomic E-state index is -0.0136. The lowest BCUT2D eigenvalue weighted by molar-refractivity contribution is -0.146. The van der Waals surface area contributed by atoms with E-state index in [0.717, 1.165) is 97.2 Å². The molecule has 2 atom stereocenters. The van der Waals surface area contributed by atoms with Crippen molar-refractivity contribution < 1.29 is 23.9 Å². The number of rotatable bonds is 49. The lowest BCUT2D eigenvalue weighted by Gasteiger charge is -2.27. The van der Waals surface area contributed by atoms with Crippen LogP contribution in [-0.2, 0) is 23.9 Å². The molecule has 0 bridgehead atoms. The molecule has 0 saturated carbocycles. The van der Waals surface area contributed by atoms with Crippen LogP contribution in [0.15, 0.2) is 0 Å². The zero-order valence-electron chi connectivity index (χ0n) is 43.4. The summed E-state index contributed by atoms with van der Waals surface area (Å²) in [4.78, 5) is 44.3. The Morgan fingerprint density at radius 3 is 1.10 bits per heavy atom. The molecule has 8 nitrogen and oxygen atoms in total. The summed E-state index contributed by atoms with van der Waals surface area (Å²) in [6, 6.07) is 0. The summed E-state index contributed by atoms with van der Waals surface area (Å²) in [5, 5.41) is 0. The molecule has 0 heterocycles. The summed E-state index contributed by atoms with van der Waals surface area (Å²) in [6.07, 6.45) is 39.9. The highest BCUT2D eigenvalue weighted by Gasteiger charge is 2.15. The second-order valence-electron chi connectivity index (χ2n) is 19.5. The van der Waals surface area contributed by atoms with Gasteiger partial charge in [-0.3, -0.25) is 14.4 Å². The second-order valence-corrected chi connectivity index (χ2v) is 19.5. The standard InChI is InChI=1S/C55H109N3O5/c1-8-13-17-21-23-29-39-52(37-27-19-15-10-3)49-62-54(60)41-31-25-33-45-58(48-47-57(12-5)44-36-35-43-56(7)51(6)59)46-34-26-32-42-55(61)63-50-53(38-28-20-16-11-4)40-30-24-22-18-14-9-2/h52-53H,8-50H2,1-7H3. The van der Waals surface area contributed by atoms with Gasteiger partial charge in [0.25, 0.3) is 0 Å². The number of esters is 2. The third kappa shape index (κ3) is 41.5. The second kappa shape index (κ2) is 46.8. The van der Waals surface area contributed by atoms with Crippen molar-refractivity contribution in [1.82, 2.24) is 14.7 Å². The Balaban J connectivity index is 4.92. The van der Waals surface area contributed by atoms with Crippen molar-refractivity contribution in [3.63, 3.8) is 0 Å². The van der Waals surface area contributed by atoms with Crippen molar-refractivity contribution in [3.05, 3.63) is 0 Å². The first-order valence-corrected chi connectivity index (χ1v) is 27.7. The van der Waals surface area contributed by atoms with Crippen LogP contribution in [-0.4, -0.2) is 98.6 Å². The van der Waals surface area contributed by atoms with Gasteiger partial charge in [0.05, 0.1) is 13.2 Å². The SMILES string of the molecule is CCCCCCCCC(CCCCCC)COC(=O)CCCCCN(CCCCCC(=O)OCC(CCCCCC)CCCCCCCC)CCN(CC)CCCCN(C)C(C)=O. The molecule has 63 heavy (non-hydrogen) atoms. The number of ether oxygens (including phenoxy) is 2. The molecule has 0 spiro atoms. The average Bonchev–Trinajstić information content (AvgIpc) is 3.28. The molecule has 374 valence electrons. The lowest BCUT2D eigenvalue weighted by atomic mass is 9.95. The van der Waals surface area contributed by atoms with Gasteiger partial charge in [-0.1, -0.05) is 176 Å². The molecule has 0 saturated heterocycles. The highest BCUT2D eigenvalue weighted by molar-refractivity contribution is 5.72. The van der Waals surface area contributed by atoms with E-state index >= 15 is 0 Å². The van der Waals surface area contributed by atoms with Crippen LogP contribution in [0.25, 0.3) is 0 Å². The van der Waals surface area contributed by atoms with Crippen LogP contribution >= 0.6 is 0 Å². The Morgan fingerprint density at radius 2 is 0.698 bits per heavy atom. The van der Waals surface area contributed by atoms with Crippen molar-refractivity contribution in [3.8, 4) is 0 Å². The van der Waals surface area contributed by atoms with E-state index in [2.05, 4.69) is 44.4 Å². The van der Waals surface area contributed by atoms with Crippen LogP contribution in [0, 0.1) is 11.8 Å². The van der Waals surface area contributed by atoms with E-state index < -0.39 is 0 Å². The fraction of sp³-hybridized carbons (Fsp3) is 0.945. The third-order valence-corrected chi connectivity index (χ3v) is 13.5. The van der Waals surface area contributed by atoms with Crippen molar-refractivity contribution >= 4 is 17.8 Å². The summed E-state index contributed by atoms with van der Waals surface area (Å²) in [7, 11) is 1.89. The van der Waals surface area contributed by atoms with Gasteiger partial charge in [-0.05, 0) is 102 Å². The minimum Gasteiger partial charge on any atom is -0.465 e. The molecule has 8 heteroatoms. The number of nitrogens with zero attached hydrogens (tertiary/aromatic N) is 3. The summed E-state index contributed by atoms with van der Waals surface area (Å²) in [6.45, 7) is 21.2. The maximum Gasteiger partial charge on any atom is 0.305 e. The molecule has 0 aliphatic rings. The molecule has 0 aliphatic carbocycles. The van der Waals surface area contributed by atoms with E-state index in [4.69, 9.17) is 9.47 Å². The molecule has 0 rings (SSSR count). The fourth-order valence-electron chi connectivity index (χ4n) is 8.79. The monoisotopic (exact) mass is 892 g/mol. The predicted octanol–water partition coefficient (Wildman–Crippen LogP) is 14.8. The Kier molecular flexibility index (Phi) is 45.6. The maximum absolute atomic E-state index is 12.8. The third-order valence-electron chi connectivity index (χ3n) is 13.5. The summed E-state index contributed by atoms with van der Waals surface area (Å²) < 4.78 is 11.8. The minimum absolute atomic E-state index is 0.0136. The van der Waals surface area contributed by atoms with Gasteiger partial charge in [0.1, 0.15) is 0 Å². The van der Waals surface area contributed by atoms with Gasteiger partial charge in [-0.15, -0.1) is 0 Å². The average molecular weight is 892 g/mol. The highest BCUT2D eigenvalue weighted by atomic mass is 16.5. The first-order chi connectivity index (χ1) is 30.7. The molecule has 0 fully saturated rings. The molecule has 1 amide bonds. The van der Waals surface area contributed by atoms with Crippen LogP contribution in [0.4, 0.5) is 0 Å². The van der Waals surface area contributed by atoms with Gasteiger partial charge in [0.2, 0.25) is 5.91 Å². The maximum atomic E-state index is 12.8. The Morgan fingerprint density at radius 1 is 0.381 bits per heavy atom. The quantitative estimate of drug-likeness (QED) is 0.0445. The summed E-state index contributed by atoms with van der Waals surface area (Å²) in [5.41, 5.74) is 0. The molecule has 0 radical (unpaired) electrons. The van der Waals surface area contributed by atoms with Crippen molar-refractivity contribution in [1.29, 1.82) is 0 Å². The van der Waals surface area contributed by atoms with E-state index in [-0.39, 0.29) is 17.8 Å². The molecule has 0 aliphatic heterocycles. The van der Waals surface area contributed by atoms with Gasteiger partial charge in [-0.2, -0.15) is 0 Å². The number of unbranched alkanes of at least 4 members (excludes halogenated alkanes) is 21. The smallest absolute Gasteiger partial charge is 0.305 e. The van der Waals surface area contributed by atoms with Gasteiger partial charge >= 0.3 is 11.9 Å². The number of hydrogen-bond donors (Lipinski definition) is 0. The highest BCUT2D eigenvalue weighted by Crippen LogP contribution is 2.22. The number of amides is 1.